The molecule has 1 nitrogen and oxygen atoms in total. The lowest BCUT2D eigenvalue weighted by Gasteiger charge is -2.68. The number of benzene rings is 3. The third-order valence-electron chi connectivity index (χ3n) is 15.8. The van der Waals surface area contributed by atoms with Crippen LogP contribution in [0.3, 0.4) is 0 Å². The molecule has 5 aromatic rings. The highest BCUT2D eigenvalue weighted by atomic mass is 32.1. The van der Waals surface area contributed by atoms with Crippen LogP contribution in [0, 0.1) is 59.2 Å². The van der Waals surface area contributed by atoms with Gasteiger partial charge in [0, 0.05) is 38.0 Å². The van der Waals surface area contributed by atoms with Crippen LogP contribution in [0.15, 0.2) is 91.1 Å². The van der Waals surface area contributed by atoms with Gasteiger partial charge < -0.3 is 0 Å². The molecule has 6 aliphatic carbocycles. The number of hydrogen-bond donors (Lipinski definition) is 0. The molecule has 11 rings (SSSR count). The number of nitrogens with zero attached hydrogens (tertiary/aromatic N) is 1. The van der Waals surface area contributed by atoms with E-state index in [9.17, 15) is 0 Å². The van der Waals surface area contributed by atoms with Crippen LogP contribution in [-0.4, -0.2) is 4.98 Å². The molecule has 0 amide bonds. The molecule has 6 saturated carbocycles. The molecule has 0 N–H and O–H groups in total. The van der Waals surface area contributed by atoms with Crippen molar-refractivity contribution >= 4 is 31.5 Å². The van der Waals surface area contributed by atoms with Gasteiger partial charge in [-0.25, -0.2) is 0 Å². The predicted octanol–water partition coefficient (Wildman–Crippen LogP) is 12.9. The molecule has 0 spiro atoms. The zero-order chi connectivity index (χ0) is 32.1. The monoisotopic (exact) mass is 661 g/mol. The van der Waals surface area contributed by atoms with Crippen LogP contribution in [0.4, 0.5) is 0 Å². The van der Waals surface area contributed by atoms with Crippen LogP contribution >= 0.6 is 11.3 Å². The zero-order valence-corrected chi connectivity index (χ0v) is 29.7. The Labute approximate surface area is 296 Å². The Hall–Kier alpha value is -2.97. The van der Waals surface area contributed by atoms with Gasteiger partial charge in [-0.1, -0.05) is 86.0 Å². The van der Waals surface area contributed by atoms with Gasteiger partial charge >= 0.3 is 0 Å². The predicted molar refractivity (Wildman–Crippen MR) is 205 cm³/mol. The van der Waals surface area contributed by atoms with E-state index in [1.807, 2.05) is 11.3 Å². The van der Waals surface area contributed by atoms with Gasteiger partial charge in [0.2, 0.25) is 0 Å². The van der Waals surface area contributed by atoms with E-state index in [1.165, 1.54) is 108 Å². The first-order chi connectivity index (χ1) is 24.3. The molecular weight excluding hydrogens is 611 g/mol. The van der Waals surface area contributed by atoms with Crippen molar-refractivity contribution in [3.05, 3.63) is 102 Å². The van der Waals surface area contributed by atoms with E-state index in [1.54, 1.807) is 12.0 Å². The first kappa shape index (κ1) is 29.7. The van der Waals surface area contributed by atoms with E-state index in [4.69, 9.17) is 4.98 Å². The van der Waals surface area contributed by atoms with E-state index >= 15 is 0 Å². The average Bonchev–Trinajstić information content (AvgIpc) is 3.56. The van der Waals surface area contributed by atoms with Gasteiger partial charge in [0.05, 0.1) is 0 Å². The van der Waals surface area contributed by atoms with Gasteiger partial charge in [0.25, 0.3) is 0 Å². The second-order valence-corrected chi connectivity index (χ2v) is 18.6. The van der Waals surface area contributed by atoms with E-state index in [0.717, 1.165) is 59.2 Å². The van der Waals surface area contributed by atoms with Gasteiger partial charge in [-0.15, -0.1) is 11.3 Å². The highest BCUT2D eigenvalue weighted by Gasteiger charge is 2.63. The highest BCUT2D eigenvalue weighted by molar-refractivity contribution is 7.26. The molecule has 12 unspecified atom stereocenters. The van der Waals surface area contributed by atoms with Gasteiger partial charge in [0.15, 0.2) is 0 Å². The highest BCUT2D eigenvalue weighted by Crippen LogP contribution is 2.70. The first-order valence-electron chi connectivity index (χ1n) is 20.2. The summed E-state index contributed by atoms with van der Waals surface area (Å²) < 4.78 is 2.85. The van der Waals surface area contributed by atoms with Crippen molar-refractivity contribution in [1.82, 2.24) is 4.98 Å². The molecule has 49 heavy (non-hydrogen) atoms. The summed E-state index contributed by atoms with van der Waals surface area (Å²) in [6.45, 7) is 0. The van der Waals surface area contributed by atoms with Crippen molar-refractivity contribution < 1.29 is 0 Å². The third-order valence-corrected chi connectivity index (χ3v) is 17.0. The second-order valence-electron chi connectivity index (χ2n) is 17.5. The summed E-state index contributed by atoms with van der Waals surface area (Å²) in [5.74, 6) is 11.2. The SMILES string of the molecule is c1ccc(C2CC3C4CCCCC4C4CCCC5C6CC(c7cccc(-c8cccc9c8sc8ccccc89)c7)CCC6C(C2)C3C45)nc1. The summed E-state index contributed by atoms with van der Waals surface area (Å²) in [7, 11) is 0. The fourth-order valence-electron chi connectivity index (χ4n) is 14.3. The molecular formula is C47H51NS. The maximum atomic E-state index is 5.03. The van der Waals surface area contributed by atoms with E-state index in [-0.39, 0.29) is 0 Å². The first-order valence-corrected chi connectivity index (χ1v) is 21.0. The molecule has 12 atom stereocenters. The normalized spacial score (nSPS) is 38.0. The summed E-state index contributed by atoms with van der Waals surface area (Å²) in [5, 5.41) is 2.81. The topological polar surface area (TPSA) is 12.9 Å². The Bertz CT molecular complexity index is 1990. The Morgan fingerprint density at radius 1 is 0.510 bits per heavy atom. The van der Waals surface area contributed by atoms with Crippen LogP contribution in [0.25, 0.3) is 31.3 Å². The molecule has 0 bridgehead atoms. The molecule has 2 heterocycles. The zero-order valence-electron chi connectivity index (χ0n) is 28.9. The molecule has 0 aliphatic heterocycles. The lowest BCUT2D eigenvalue weighted by atomic mass is 9.37. The van der Waals surface area contributed by atoms with Crippen LogP contribution in [0.2, 0.25) is 0 Å². The molecule has 0 radical (unpaired) electrons. The van der Waals surface area contributed by atoms with Crippen molar-refractivity contribution in [3.63, 3.8) is 0 Å². The van der Waals surface area contributed by atoms with Crippen molar-refractivity contribution in [1.29, 1.82) is 0 Å². The van der Waals surface area contributed by atoms with E-state index < -0.39 is 0 Å². The maximum Gasteiger partial charge on any atom is 0.0434 e. The minimum Gasteiger partial charge on any atom is -0.261 e. The Kier molecular flexibility index (Phi) is 7.16. The van der Waals surface area contributed by atoms with E-state index in [0.29, 0.717) is 11.8 Å². The Balaban J connectivity index is 0.948. The molecule has 2 heteroatoms. The van der Waals surface area contributed by atoms with Crippen molar-refractivity contribution in [2.45, 2.75) is 88.9 Å². The summed E-state index contributed by atoms with van der Waals surface area (Å²) in [5.41, 5.74) is 5.87. The third kappa shape index (κ3) is 4.64. The van der Waals surface area contributed by atoms with E-state index in [2.05, 4.69) is 91.1 Å². The van der Waals surface area contributed by atoms with Gasteiger partial charge in [-0.05, 0) is 158 Å². The number of fused-ring (bicyclic) bond motifs is 9. The number of pyridine rings is 1. The maximum absolute atomic E-state index is 5.03. The van der Waals surface area contributed by atoms with Gasteiger partial charge in [0.1, 0.15) is 0 Å². The summed E-state index contributed by atoms with van der Waals surface area (Å²) in [6.07, 6.45) is 19.9. The molecule has 3 aromatic carbocycles. The summed E-state index contributed by atoms with van der Waals surface area (Å²) in [6, 6.07) is 32.6. The number of aromatic nitrogens is 1. The smallest absolute Gasteiger partial charge is 0.0434 e. The second kappa shape index (κ2) is 11.8. The van der Waals surface area contributed by atoms with Crippen LogP contribution < -0.4 is 0 Å². The number of thiophene rings is 1. The fourth-order valence-corrected chi connectivity index (χ4v) is 15.6. The lowest BCUT2D eigenvalue weighted by molar-refractivity contribution is -0.191. The minimum atomic E-state index is 0.679. The Morgan fingerprint density at radius 2 is 1.20 bits per heavy atom. The Morgan fingerprint density at radius 3 is 2.06 bits per heavy atom. The van der Waals surface area contributed by atoms with Crippen LogP contribution in [0.5, 0.6) is 0 Å². The van der Waals surface area contributed by atoms with Crippen molar-refractivity contribution in [2.24, 2.45) is 59.2 Å². The molecule has 6 fully saturated rings. The largest absolute Gasteiger partial charge is 0.261 e. The molecule has 0 saturated heterocycles. The standard InChI is InChI=1S/C47H51NS/c1-2-13-34-33(12-1)37-16-9-17-38-40-25-29(21-22-35(40)42-27-31(43-19-5-6-23-48-43)26-41(34)46(42)45(37)38)28-10-7-11-30(24-28)32-15-8-18-39-36-14-3-4-20-44(36)49-47(32)39/h3-8,10-11,14-15,18-20,23-24,29,31,33-35,37-38,40-42,45-46H,1-2,9,12-13,16-17,21-22,25-27H2. The van der Waals surface area contributed by atoms with Crippen molar-refractivity contribution in [2.75, 3.05) is 0 Å². The van der Waals surface area contributed by atoms with Gasteiger partial charge in [-0.3, -0.25) is 4.98 Å². The van der Waals surface area contributed by atoms with Crippen LogP contribution in [0.1, 0.15) is 100 Å². The van der Waals surface area contributed by atoms with Crippen molar-refractivity contribution in [3.8, 4) is 11.1 Å². The van der Waals surface area contributed by atoms with Crippen LogP contribution in [-0.2, 0) is 0 Å². The average molecular weight is 662 g/mol. The number of hydrogen-bond acceptors (Lipinski definition) is 2. The lowest BCUT2D eigenvalue weighted by Crippen LogP contribution is -2.62. The molecule has 6 aliphatic rings. The summed E-state index contributed by atoms with van der Waals surface area (Å²) >= 11 is 1.97. The molecule has 2 aromatic heterocycles. The number of rotatable bonds is 3. The minimum absolute atomic E-state index is 0.679. The fraction of sp³-hybridized carbons (Fsp3) is 0.511. The van der Waals surface area contributed by atoms with Gasteiger partial charge in [-0.2, -0.15) is 0 Å². The quantitative estimate of drug-likeness (QED) is 0.187. The molecule has 250 valence electrons. The summed E-state index contributed by atoms with van der Waals surface area (Å²) in [4.78, 5) is 5.03.